The quantitative estimate of drug-likeness (QED) is 0.647. The molecule has 6 heteroatoms. The van der Waals surface area contributed by atoms with E-state index in [9.17, 15) is 10.1 Å². The Bertz CT molecular complexity index is 975. The Hall–Kier alpha value is -2.75. The van der Waals surface area contributed by atoms with Crippen LogP contribution in [0.5, 0.6) is 0 Å². The van der Waals surface area contributed by atoms with E-state index < -0.39 is 5.41 Å². The first-order valence-electron chi connectivity index (χ1n) is 10.6. The van der Waals surface area contributed by atoms with Gasteiger partial charge in [-0.3, -0.25) is 4.79 Å². The van der Waals surface area contributed by atoms with E-state index >= 15 is 0 Å². The van der Waals surface area contributed by atoms with Crippen LogP contribution in [0.25, 0.3) is 0 Å². The van der Waals surface area contributed by atoms with E-state index in [0.717, 1.165) is 42.2 Å². The number of nitriles is 1. The summed E-state index contributed by atoms with van der Waals surface area (Å²) in [6, 6.07) is 19.9. The highest BCUT2D eigenvalue weighted by Crippen LogP contribution is 2.46. The molecule has 0 aliphatic carbocycles. The van der Waals surface area contributed by atoms with Crippen LogP contribution in [0.4, 0.5) is 5.69 Å². The summed E-state index contributed by atoms with van der Waals surface area (Å²) in [7, 11) is 3.96. The predicted molar refractivity (Wildman–Crippen MR) is 129 cm³/mol. The van der Waals surface area contributed by atoms with E-state index in [0.29, 0.717) is 10.6 Å². The van der Waals surface area contributed by atoms with Gasteiger partial charge in [0, 0.05) is 32.1 Å². The van der Waals surface area contributed by atoms with Crippen molar-refractivity contribution >= 4 is 23.4 Å². The van der Waals surface area contributed by atoms with Gasteiger partial charge in [-0.05, 0) is 36.3 Å². The fourth-order valence-electron chi connectivity index (χ4n) is 4.02. The number of carbonyl (C=O) groups excluding carboxylic acids is 1. The third-order valence-electron chi connectivity index (χ3n) is 5.85. The zero-order valence-corrected chi connectivity index (χ0v) is 19.5. The maximum Gasteiger partial charge on any atom is 0.245 e. The van der Waals surface area contributed by atoms with Crippen molar-refractivity contribution in [2.75, 3.05) is 44.4 Å². The van der Waals surface area contributed by atoms with Crippen LogP contribution in [0.15, 0.2) is 65.2 Å². The number of thioether (sulfide) groups is 1. The van der Waals surface area contributed by atoms with Crippen LogP contribution >= 0.6 is 11.8 Å². The Kier molecular flexibility index (Phi) is 7.42. The molecule has 31 heavy (non-hydrogen) atoms. The molecule has 0 aromatic heterocycles. The highest BCUT2D eigenvalue weighted by Gasteiger charge is 2.52. The third-order valence-corrected chi connectivity index (χ3v) is 6.83. The Morgan fingerprint density at radius 1 is 1.00 bits per heavy atom. The normalized spacial score (nSPS) is 18.3. The third kappa shape index (κ3) is 4.34. The summed E-state index contributed by atoms with van der Waals surface area (Å²) in [5.74, 6) is 0.644. The van der Waals surface area contributed by atoms with Crippen LogP contribution in [0.1, 0.15) is 25.0 Å². The fraction of sp³-hybridized carbons (Fsp3) is 0.360. The number of nitrogens with zero attached hydrogens (tertiary/aromatic N) is 3. The maximum absolute atomic E-state index is 13.6. The minimum Gasteiger partial charge on any atom is -0.378 e. The Labute approximate surface area is 189 Å². The number of hydrogen-bond acceptors (Lipinski definition) is 5. The van der Waals surface area contributed by atoms with Crippen LogP contribution in [-0.2, 0) is 10.2 Å². The van der Waals surface area contributed by atoms with Gasteiger partial charge in [-0.2, -0.15) is 5.26 Å². The molecule has 1 amide bonds. The summed E-state index contributed by atoms with van der Waals surface area (Å²) >= 11 is 1.55. The van der Waals surface area contributed by atoms with Crippen LogP contribution < -0.4 is 10.2 Å². The molecule has 2 aromatic carbocycles. The van der Waals surface area contributed by atoms with Crippen molar-refractivity contribution in [3.05, 3.63) is 76.3 Å². The fourth-order valence-corrected chi connectivity index (χ4v) is 5.08. The molecule has 2 aromatic rings. The van der Waals surface area contributed by atoms with Gasteiger partial charge in [0.05, 0.1) is 16.7 Å². The lowest BCUT2D eigenvalue weighted by Crippen LogP contribution is -2.39. The van der Waals surface area contributed by atoms with Gasteiger partial charge < -0.3 is 15.1 Å². The van der Waals surface area contributed by atoms with Crippen molar-refractivity contribution in [2.24, 2.45) is 0 Å². The molecular weight excluding hydrogens is 404 g/mol. The molecule has 0 saturated heterocycles. The van der Waals surface area contributed by atoms with Crippen molar-refractivity contribution in [3.63, 3.8) is 0 Å². The molecule has 1 heterocycles. The molecule has 162 valence electrons. The van der Waals surface area contributed by atoms with Crippen molar-refractivity contribution in [3.8, 4) is 6.07 Å². The number of benzene rings is 2. The van der Waals surface area contributed by atoms with Crippen molar-refractivity contribution in [1.29, 1.82) is 5.26 Å². The first-order valence-corrected chi connectivity index (χ1v) is 11.6. The number of anilines is 1. The maximum atomic E-state index is 13.6. The summed E-state index contributed by atoms with van der Waals surface area (Å²) in [6.07, 6.45) is 0. The van der Waals surface area contributed by atoms with Gasteiger partial charge in [-0.15, -0.1) is 11.8 Å². The number of carbonyl (C=O) groups is 1. The Balaban J connectivity index is 2.08. The van der Waals surface area contributed by atoms with Gasteiger partial charge in [-0.1, -0.05) is 56.3 Å². The second-order valence-corrected chi connectivity index (χ2v) is 8.81. The van der Waals surface area contributed by atoms with E-state index in [4.69, 9.17) is 0 Å². The predicted octanol–water partition coefficient (Wildman–Crippen LogP) is 3.98. The van der Waals surface area contributed by atoms with E-state index in [1.807, 2.05) is 73.6 Å². The van der Waals surface area contributed by atoms with E-state index in [2.05, 4.69) is 30.1 Å². The number of amides is 1. The summed E-state index contributed by atoms with van der Waals surface area (Å²) in [6.45, 7) is 7.16. The summed E-state index contributed by atoms with van der Waals surface area (Å²) in [5.41, 5.74) is 1.99. The Morgan fingerprint density at radius 3 is 2.16 bits per heavy atom. The van der Waals surface area contributed by atoms with Gasteiger partial charge in [0.1, 0.15) is 5.41 Å². The summed E-state index contributed by atoms with van der Waals surface area (Å²) < 4.78 is 0. The second kappa shape index (κ2) is 10.0. The lowest BCUT2D eigenvalue weighted by atomic mass is 9.70. The molecule has 0 spiro atoms. The van der Waals surface area contributed by atoms with Crippen molar-refractivity contribution in [1.82, 2.24) is 10.2 Å². The number of hydrogen-bond donors (Lipinski definition) is 1. The molecule has 1 atom stereocenters. The van der Waals surface area contributed by atoms with E-state index in [-0.39, 0.29) is 5.91 Å². The van der Waals surface area contributed by atoms with Crippen LogP contribution in [0.2, 0.25) is 0 Å². The lowest BCUT2D eigenvalue weighted by Gasteiger charge is -2.28. The molecule has 0 radical (unpaired) electrons. The summed E-state index contributed by atoms with van der Waals surface area (Å²) in [4.78, 5) is 17.9. The van der Waals surface area contributed by atoms with Gasteiger partial charge in [-0.25, -0.2) is 0 Å². The van der Waals surface area contributed by atoms with Gasteiger partial charge in [0.25, 0.3) is 0 Å². The standard InChI is InChI=1S/C25H30N4OS/c1-5-29(6-2)16-17-31-23-22(18-26)25(24(30)27-23,19-10-8-7-9-11-19)20-12-14-21(15-13-20)28(3)4/h7-15H,5-6,16-17H2,1-4H3,(H,27,30). The first kappa shape index (κ1) is 22.9. The molecule has 1 unspecified atom stereocenters. The van der Waals surface area contributed by atoms with E-state index in [1.165, 1.54) is 0 Å². The monoisotopic (exact) mass is 434 g/mol. The smallest absolute Gasteiger partial charge is 0.245 e. The Morgan fingerprint density at radius 2 is 1.61 bits per heavy atom. The van der Waals surface area contributed by atoms with Crippen LogP contribution in [0.3, 0.4) is 0 Å². The highest BCUT2D eigenvalue weighted by molar-refractivity contribution is 8.03. The SMILES string of the molecule is CCN(CC)CCSC1=C(C#N)C(c2ccccc2)(c2ccc(N(C)C)cc2)C(=O)N1. The molecule has 0 bridgehead atoms. The minimum absolute atomic E-state index is 0.168. The number of nitrogens with one attached hydrogen (secondary N) is 1. The average Bonchev–Trinajstić information content (AvgIpc) is 3.09. The zero-order valence-electron chi connectivity index (χ0n) is 18.7. The van der Waals surface area contributed by atoms with Crippen molar-refractivity contribution in [2.45, 2.75) is 19.3 Å². The lowest BCUT2D eigenvalue weighted by molar-refractivity contribution is -0.122. The first-order chi connectivity index (χ1) is 15.0. The zero-order chi connectivity index (χ0) is 22.4. The minimum atomic E-state index is -1.14. The van der Waals surface area contributed by atoms with Gasteiger partial charge in [0.15, 0.2) is 0 Å². The van der Waals surface area contributed by atoms with E-state index in [1.54, 1.807) is 11.8 Å². The van der Waals surface area contributed by atoms with Crippen molar-refractivity contribution < 1.29 is 4.79 Å². The second-order valence-electron chi connectivity index (χ2n) is 7.70. The van der Waals surface area contributed by atoms with Crippen LogP contribution in [0, 0.1) is 11.3 Å². The van der Waals surface area contributed by atoms with Gasteiger partial charge >= 0.3 is 0 Å². The summed E-state index contributed by atoms with van der Waals surface area (Å²) in [5, 5.41) is 13.9. The molecule has 1 aliphatic heterocycles. The molecule has 5 nitrogen and oxygen atoms in total. The van der Waals surface area contributed by atoms with Gasteiger partial charge in [0.2, 0.25) is 5.91 Å². The molecule has 1 N–H and O–H groups in total. The molecular formula is C25H30N4OS. The molecule has 0 saturated carbocycles. The number of rotatable bonds is 9. The largest absolute Gasteiger partial charge is 0.378 e. The van der Waals surface area contributed by atoms with Crippen LogP contribution in [-0.4, -0.2) is 50.3 Å². The molecule has 1 aliphatic rings. The highest BCUT2D eigenvalue weighted by atomic mass is 32.2. The molecule has 0 fully saturated rings. The molecule has 3 rings (SSSR count). The topological polar surface area (TPSA) is 59.4 Å². The average molecular weight is 435 g/mol.